The van der Waals surface area contributed by atoms with Gasteiger partial charge >= 0.3 is 0 Å². The van der Waals surface area contributed by atoms with E-state index in [1.807, 2.05) is 20.8 Å². The molecule has 15 heavy (non-hydrogen) atoms. The molecule has 0 aromatic heterocycles. The van der Waals surface area contributed by atoms with Crippen molar-refractivity contribution in [2.75, 3.05) is 13.7 Å². The number of hydrogen-bond donors (Lipinski definition) is 1. The molecule has 1 amide bonds. The Morgan fingerprint density at radius 3 is 2.33 bits per heavy atom. The molecule has 0 rings (SSSR count). The molecular weight excluding hydrogens is 194 g/mol. The summed E-state index contributed by atoms with van der Waals surface area (Å²) in [6, 6.07) is 0. The highest BCUT2D eigenvalue weighted by Gasteiger charge is 2.24. The molecular formula is C11H21NO3. The number of ketones is 1. The van der Waals surface area contributed by atoms with Crippen LogP contribution in [0.2, 0.25) is 0 Å². The van der Waals surface area contributed by atoms with Crippen LogP contribution in [-0.2, 0) is 14.3 Å². The number of hydrogen-bond acceptors (Lipinski definition) is 3. The monoisotopic (exact) mass is 215 g/mol. The van der Waals surface area contributed by atoms with E-state index in [2.05, 4.69) is 5.32 Å². The predicted octanol–water partition coefficient (Wildman–Crippen LogP) is 1.14. The van der Waals surface area contributed by atoms with Crippen molar-refractivity contribution in [2.45, 2.75) is 39.7 Å². The van der Waals surface area contributed by atoms with Gasteiger partial charge in [-0.15, -0.1) is 0 Å². The Morgan fingerprint density at radius 1 is 1.40 bits per heavy atom. The summed E-state index contributed by atoms with van der Waals surface area (Å²) in [6.45, 7) is 7.29. The number of carbonyl (C=O) groups is 2. The molecule has 88 valence electrons. The van der Waals surface area contributed by atoms with Gasteiger partial charge in [0, 0.05) is 18.6 Å². The Bertz CT molecular complexity index is 236. The molecule has 0 saturated heterocycles. The van der Waals surface area contributed by atoms with E-state index in [0.29, 0.717) is 6.42 Å². The third kappa shape index (κ3) is 6.23. The topological polar surface area (TPSA) is 55.4 Å². The van der Waals surface area contributed by atoms with Crippen LogP contribution in [0.5, 0.6) is 0 Å². The minimum absolute atomic E-state index is 0.0390. The molecule has 0 heterocycles. The van der Waals surface area contributed by atoms with E-state index in [1.165, 1.54) is 7.11 Å². The van der Waals surface area contributed by atoms with Crippen LogP contribution in [0.15, 0.2) is 0 Å². The van der Waals surface area contributed by atoms with Crippen molar-refractivity contribution in [1.29, 1.82) is 0 Å². The second-order valence-electron chi connectivity index (χ2n) is 4.58. The normalized spacial score (nSPS) is 13.4. The minimum atomic E-state index is -0.374. The average Bonchev–Trinajstić information content (AvgIpc) is 2.01. The van der Waals surface area contributed by atoms with E-state index >= 15 is 0 Å². The van der Waals surface area contributed by atoms with Crippen molar-refractivity contribution >= 4 is 11.7 Å². The van der Waals surface area contributed by atoms with Crippen LogP contribution < -0.4 is 5.32 Å². The zero-order chi connectivity index (χ0) is 12.1. The van der Waals surface area contributed by atoms with E-state index in [9.17, 15) is 9.59 Å². The van der Waals surface area contributed by atoms with E-state index in [-0.39, 0.29) is 29.8 Å². The van der Waals surface area contributed by atoms with Gasteiger partial charge in [-0.2, -0.15) is 0 Å². The molecule has 4 nitrogen and oxygen atoms in total. The van der Waals surface area contributed by atoms with Crippen LogP contribution in [0, 0.1) is 5.92 Å². The van der Waals surface area contributed by atoms with Gasteiger partial charge in [-0.1, -0.05) is 6.92 Å². The van der Waals surface area contributed by atoms with Gasteiger partial charge in [-0.3, -0.25) is 9.59 Å². The first-order valence-corrected chi connectivity index (χ1v) is 5.09. The number of methoxy groups -OCH3 is 1. The maximum absolute atomic E-state index is 11.3. The SMILES string of the molecule is COCC(=O)NC(C)(C)CC(C)C(C)=O. The first-order valence-electron chi connectivity index (χ1n) is 5.09. The molecule has 1 N–H and O–H groups in total. The van der Waals surface area contributed by atoms with E-state index < -0.39 is 0 Å². The standard InChI is InChI=1S/C11H21NO3/c1-8(9(2)13)6-11(3,4)12-10(14)7-15-5/h8H,6-7H2,1-5H3,(H,12,14). The lowest BCUT2D eigenvalue weighted by molar-refractivity contribution is -0.127. The van der Waals surface area contributed by atoms with Gasteiger partial charge < -0.3 is 10.1 Å². The fraction of sp³-hybridized carbons (Fsp3) is 0.818. The lowest BCUT2D eigenvalue weighted by Gasteiger charge is -2.28. The van der Waals surface area contributed by atoms with Gasteiger partial charge in [0.25, 0.3) is 0 Å². The van der Waals surface area contributed by atoms with Gasteiger partial charge in [0.1, 0.15) is 12.4 Å². The lowest BCUT2D eigenvalue weighted by Crippen LogP contribution is -2.46. The molecule has 0 spiro atoms. The van der Waals surface area contributed by atoms with Crippen LogP contribution in [0.4, 0.5) is 0 Å². The number of Topliss-reactive ketones (excluding diaryl/α,β-unsaturated/α-hetero) is 1. The molecule has 0 aliphatic carbocycles. The molecule has 0 aromatic carbocycles. The smallest absolute Gasteiger partial charge is 0.246 e. The molecule has 0 saturated carbocycles. The summed E-state index contributed by atoms with van der Waals surface area (Å²) in [5.74, 6) is -0.0508. The van der Waals surface area contributed by atoms with E-state index in [0.717, 1.165) is 0 Å². The largest absolute Gasteiger partial charge is 0.375 e. The van der Waals surface area contributed by atoms with Crippen molar-refractivity contribution in [3.8, 4) is 0 Å². The van der Waals surface area contributed by atoms with Gasteiger partial charge in [-0.25, -0.2) is 0 Å². The minimum Gasteiger partial charge on any atom is -0.375 e. The summed E-state index contributed by atoms with van der Waals surface area (Å²) >= 11 is 0. The fourth-order valence-corrected chi connectivity index (χ4v) is 1.50. The lowest BCUT2D eigenvalue weighted by atomic mass is 9.89. The molecule has 0 bridgehead atoms. The highest BCUT2D eigenvalue weighted by atomic mass is 16.5. The van der Waals surface area contributed by atoms with Crippen LogP contribution in [-0.4, -0.2) is 30.9 Å². The van der Waals surface area contributed by atoms with Crippen molar-refractivity contribution in [3.63, 3.8) is 0 Å². The molecule has 0 radical (unpaired) electrons. The first kappa shape index (κ1) is 14.1. The van der Waals surface area contributed by atoms with Gasteiger partial charge in [-0.05, 0) is 27.2 Å². The third-order valence-corrected chi connectivity index (χ3v) is 2.26. The maximum atomic E-state index is 11.3. The second-order valence-corrected chi connectivity index (χ2v) is 4.58. The molecule has 1 atom stereocenters. The molecule has 4 heteroatoms. The van der Waals surface area contributed by atoms with Crippen molar-refractivity contribution in [2.24, 2.45) is 5.92 Å². The van der Waals surface area contributed by atoms with Gasteiger partial charge in [0.05, 0.1) is 0 Å². The highest BCUT2D eigenvalue weighted by molar-refractivity contribution is 5.79. The zero-order valence-electron chi connectivity index (χ0n) is 10.2. The van der Waals surface area contributed by atoms with E-state index in [4.69, 9.17) is 4.74 Å². The Hall–Kier alpha value is -0.900. The van der Waals surface area contributed by atoms with Crippen LogP contribution >= 0.6 is 0 Å². The van der Waals surface area contributed by atoms with Crippen LogP contribution in [0.1, 0.15) is 34.1 Å². The van der Waals surface area contributed by atoms with Crippen molar-refractivity contribution in [3.05, 3.63) is 0 Å². The van der Waals surface area contributed by atoms with Crippen LogP contribution in [0.25, 0.3) is 0 Å². The summed E-state index contributed by atoms with van der Waals surface area (Å²) in [5, 5.41) is 2.83. The third-order valence-electron chi connectivity index (χ3n) is 2.26. The Labute approximate surface area is 91.4 Å². The quantitative estimate of drug-likeness (QED) is 0.723. The number of ether oxygens (including phenoxy) is 1. The Kier molecular flexibility index (Phi) is 5.50. The predicted molar refractivity (Wildman–Crippen MR) is 58.6 cm³/mol. The number of nitrogens with one attached hydrogen (secondary N) is 1. The zero-order valence-corrected chi connectivity index (χ0v) is 10.2. The highest BCUT2D eigenvalue weighted by Crippen LogP contribution is 2.16. The Morgan fingerprint density at radius 2 is 1.93 bits per heavy atom. The summed E-state index contributed by atoms with van der Waals surface area (Å²) in [4.78, 5) is 22.4. The molecule has 0 aliphatic rings. The fourth-order valence-electron chi connectivity index (χ4n) is 1.50. The van der Waals surface area contributed by atoms with Crippen molar-refractivity contribution < 1.29 is 14.3 Å². The van der Waals surface area contributed by atoms with Gasteiger partial charge in [0.2, 0.25) is 5.91 Å². The number of carbonyl (C=O) groups excluding carboxylic acids is 2. The first-order chi connectivity index (χ1) is 6.78. The van der Waals surface area contributed by atoms with Crippen LogP contribution in [0.3, 0.4) is 0 Å². The molecule has 1 unspecified atom stereocenters. The number of rotatable bonds is 6. The average molecular weight is 215 g/mol. The van der Waals surface area contributed by atoms with Gasteiger partial charge in [0.15, 0.2) is 0 Å². The summed E-state index contributed by atoms with van der Waals surface area (Å²) in [6.07, 6.45) is 0.637. The van der Waals surface area contributed by atoms with Crippen molar-refractivity contribution in [1.82, 2.24) is 5.32 Å². The molecule has 0 aromatic rings. The Balaban J connectivity index is 4.17. The summed E-state index contributed by atoms with van der Waals surface area (Å²) in [5.41, 5.74) is -0.374. The maximum Gasteiger partial charge on any atom is 0.246 e. The summed E-state index contributed by atoms with van der Waals surface area (Å²) in [7, 11) is 1.48. The number of amides is 1. The molecule has 0 aliphatic heterocycles. The summed E-state index contributed by atoms with van der Waals surface area (Å²) < 4.78 is 4.72. The molecule has 0 fully saturated rings. The second kappa shape index (κ2) is 5.85. The van der Waals surface area contributed by atoms with E-state index in [1.54, 1.807) is 6.92 Å².